The highest BCUT2D eigenvalue weighted by Gasteiger charge is 2.12. The van der Waals surface area contributed by atoms with Crippen LogP contribution in [0.1, 0.15) is 38.7 Å². The Balaban J connectivity index is 2.20. The summed E-state index contributed by atoms with van der Waals surface area (Å²) in [5.74, 6) is 3.15. The third-order valence-electron chi connectivity index (χ3n) is 3.74. The van der Waals surface area contributed by atoms with Gasteiger partial charge in [-0.15, -0.1) is 11.6 Å². The van der Waals surface area contributed by atoms with Crippen molar-refractivity contribution in [3.63, 3.8) is 0 Å². The number of fused-ring (bicyclic) bond motifs is 1. The zero-order chi connectivity index (χ0) is 16.7. The summed E-state index contributed by atoms with van der Waals surface area (Å²) >= 11 is 5.71. The van der Waals surface area contributed by atoms with Crippen molar-refractivity contribution in [2.75, 3.05) is 19.1 Å². The molecule has 0 unspecified atom stereocenters. The molecule has 0 spiro atoms. The average Bonchev–Trinajstić information content (AvgIpc) is 2.53. The summed E-state index contributed by atoms with van der Waals surface area (Å²) in [4.78, 5) is 0. The first-order valence-electron chi connectivity index (χ1n) is 8.47. The Bertz CT molecular complexity index is 622. The van der Waals surface area contributed by atoms with Crippen molar-refractivity contribution >= 4 is 22.4 Å². The van der Waals surface area contributed by atoms with E-state index in [2.05, 4.69) is 39.0 Å². The fourth-order valence-corrected chi connectivity index (χ4v) is 2.75. The van der Waals surface area contributed by atoms with Crippen LogP contribution < -0.4 is 9.47 Å². The predicted molar refractivity (Wildman–Crippen MR) is 99.1 cm³/mol. The molecule has 0 aliphatic rings. The third-order valence-corrected chi connectivity index (χ3v) is 4.01. The molecular weight excluding hydrogens is 308 g/mol. The first kappa shape index (κ1) is 17.9. The molecule has 0 saturated carbocycles. The van der Waals surface area contributed by atoms with Gasteiger partial charge in [0, 0.05) is 16.7 Å². The summed E-state index contributed by atoms with van der Waals surface area (Å²) in [6.45, 7) is 7.87. The Labute approximate surface area is 144 Å². The maximum Gasteiger partial charge on any atom is 0.130 e. The maximum atomic E-state index is 6.05. The number of hydrogen-bond acceptors (Lipinski definition) is 2. The van der Waals surface area contributed by atoms with Crippen molar-refractivity contribution in [3.05, 3.63) is 35.9 Å². The summed E-state index contributed by atoms with van der Waals surface area (Å²) in [5.41, 5.74) is 1.13. The molecule has 2 rings (SSSR count). The minimum absolute atomic E-state index is 0.506. The second kappa shape index (κ2) is 9.02. The molecule has 126 valence electrons. The van der Waals surface area contributed by atoms with Crippen LogP contribution in [0, 0.1) is 12.8 Å². The van der Waals surface area contributed by atoms with Gasteiger partial charge in [-0.2, -0.15) is 0 Å². The molecule has 0 N–H and O–H groups in total. The van der Waals surface area contributed by atoms with E-state index in [0.717, 1.165) is 66.2 Å². The summed E-state index contributed by atoms with van der Waals surface area (Å²) in [6, 6.07) is 10.4. The van der Waals surface area contributed by atoms with Crippen LogP contribution in [0.3, 0.4) is 0 Å². The van der Waals surface area contributed by atoms with Crippen LogP contribution in [0.15, 0.2) is 30.3 Å². The van der Waals surface area contributed by atoms with E-state index in [1.807, 2.05) is 12.1 Å². The Morgan fingerprint density at radius 3 is 2.43 bits per heavy atom. The smallest absolute Gasteiger partial charge is 0.130 e. The normalized spacial score (nSPS) is 11.2. The average molecular weight is 335 g/mol. The summed E-state index contributed by atoms with van der Waals surface area (Å²) in [5, 5.41) is 2.25. The number of rotatable bonds is 9. The van der Waals surface area contributed by atoms with Crippen LogP contribution in [0.25, 0.3) is 10.8 Å². The van der Waals surface area contributed by atoms with Gasteiger partial charge in [-0.25, -0.2) is 0 Å². The molecule has 0 heterocycles. The zero-order valence-electron chi connectivity index (χ0n) is 14.4. The lowest BCUT2D eigenvalue weighted by atomic mass is 10.0. The second-order valence-electron chi connectivity index (χ2n) is 6.37. The third kappa shape index (κ3) is 5.04. The largest absolute Gasteiger partial charge is 0.493 e. The minimum atomic E-state index is 0.506. The molecule has 0 amide bonds. The fraction of sp³-hybridized carbons (Fsp3) is 0.500. The number of halogens is 1. The number of benzene rings is 2. The van der Waals surface area contributed by atoms with Crippen LogP contribution in [0.2, 0.25) is 0 Å². The first-order chi connectivity index (χ1) is 11.1. The lowest BCUT2D eigenvalue weighted by Gasteiger charge is -2.17. The number of hydrogen-bond donors (Lipinski definition) is 0. The van der Waals surface area contributed by atoms with E-state index in [0.29, 0.717) is 5.92 Å². The van der Waals surface area contributed by atoms with E-state index < -0.39 is 0 Å². The Morgan fingerprint density at radius 1 is 1.00 bits per heavy atom. The predicted octanol–water partition coefficient (Wildman–Crippen LogP) is 5.97. The van der Waals surface area contributed by atoms with E-state index in [1.54, 1.807) is 0 Å². The van der Waals surface area contributed by atoms with E-state index in [-0.39, 0.29) is 0 Å². The SMILES string of the molecule is Cc1cc(OCCCCCCl)c2ccccc2c1OCC(C)C. The lowest BCUT2D eigenvalue weighted by Crippen LogP contribution is -2.06. The molecule has 0 aliphatic heterocycles. The molecule has 0 aromatic heterocycles. The van der Waals surface area contributed by atoms with Gasteiger partial charge in [-0.05, 0) is 43.7 Å². The van der Waals surface area contributed by atoms with Gasteiger partial charge in [0.25, 0.3) is 0 Å². The van der Waals surface area contributed by atoms with Crippen molar-refractivity contribution in [2.45, 2.75) is 40.0 Å². The summed E-state index contributed by atoms with van der Waals surface area (Å²) < 4.78 is 12.1. The molecule has 3 heteroatoms. The quantitative estimate of drug-likeness (QED) is 0.415. The molecule has 2 aromatic rings. The van der Waals surface area contributed by atoms with Crippen molar-refractivity contribution in [1.29, 1.82) is 0 Å². The second-order valence-corrected chi connectivity index (χ2v) is 6.75. The van der Waals surface area contributed by atoms with Crippen LogP contribution in [-0.4, -0.2) is 19.1 Å². The van der Waals surface area contributed by atoms with Gasteiger partial charge in [0.05, 0.1) is 13.2 Å². The number of ether oxygens (including phenoxy) is 2. The minimum Gasteiger partial charge on any atom is -0.493 e. The zero-order valence-corrected chi connectivity index (χ0v) is 15.2. The Kier molecular flexibility index (Phi) is 7.04. The maximum absolute atomic E-state index is 6.05. The first-order valence-corrected chi connectivity index (χ1v) is 9.01. The van der Waals surface area contributed by atoms with Gasteiger partial charge in [0.15, 0.2) is 0 Å². The summed E-state index contributed by atoms with van der Waals surface area (Å²) in [7, 11) is 0. The number of aryl methyl sites for hydroxylation is 1. The van der Waals surface area contributed by atoms with Gasteiger partial charge in [0.2, 0.25) is 0 Å². The molecule has 0 fully saturated rings. The fourth-order valence-electron chi connectivity index (χ4n) is 2.56. The van der Waals surface area contributed by atoms with Gasteiger partial charge < -0.3 is 9.47 Å². The van der Waals surface area contributed by atoms with Crippen LogP contribution in [0.5, 0.6) is 11.5 Å². The van der Waals surface area contributed by atoms with E-state index >= 15 is 0 Å². The van der Waals surface area contributed by atoms with Crippen molar-refractivity contribution in [3.8, 4) is 11.5 Å². The molecule has 0 bridgehead atoms. The molecule has 0 saturated heterocycles. The van der Waals surface area contributed by atoms with Crippen molar-refractivity contribution < 1.29 is 9.47 Å². The molecular formula is C20H27ClO2. The van der Waals surface area contributed by atoms with Crippen molar-refractivity contribution in [1.82, 2.24) is 0 Å². The molecule has 2 aromatic carbocycles. The van der Waals surface area contributed by atoms with E-state index in [1.165, 1.54) is 0 Å². The highest BCUT2D eigenvalue weighted by molar-refractivity contribution is 6.17. The molecule has 0 aliphatic carbocycles. The molecule has 0 atom stereocenters. The van der Waals surface area contributed by atoms with Gasteiger partial charge >= 0.3 is 0 Å². The molecule has 23 heavy (non-hydrogen) atoms. The van der Waals surface area contributed by atoms with Gasteiger partial charge in [-0.1, -0.05) is 38.1 Å². The summed E-state index contributed by atoms with van der Waals surface area (Å²) in [6.07, 6.45) is 3.19. The van der Waals surface area contributed by atoms with E-state index in [4.69, 9.17) is 21.1 Å². The molecule has 2 nitrogen and oxygen atoms in total. The Morgan fingerprint density at radius 2 is 1.74 bits per heavy atom. The number of alkyl halides is 1. The Hall–Kier alpha value is -1.41. The van der Waals surface area contributed by atoms with E-state index in [9.17, 15) is 0 Å². The van der Waals surface area contributed by atoms with Crippen molar-refractivity contribution in [2.24, 2.45) is 5.92 Å². The van der Waals surface area contributed by atoms with Crippen LogP contribution in [-0.2, 0) is 0 Å². The monoisotopic (exact) mass is 334 g/mol. The topological polar surface area (TPSA) is 18.5 Å². The highest BCUT2D eigenvalue weighted by atomic mass is 35.5. The van der Waals surface area contributed by atoms with Gasteiger partial charge in [0.1, 0.15) is 11.5 Å². The standard InChI is InChI=1S/C20H27ClO2/c1-15(2)14-23-20-16(3)13-19(22-12-8-4-7-11-21)17-9-5-6-10-18(17)20/h5-6,9-10,13,15H,4,7-8,11-12,14H2,1-3H3. The molecule has 0 radical (unpaired) electrons. The van der Waals surface area contributed by atoms with Crippen LogP contribution in [0.4, 0.5) is 0 Å². The van der Waals surface area contributed by atoms with Crippen LogP contribution >= 0.6 is 11.6 Å². The number of unbranched alkanes of at least 4 members (excludes halogenated alkanes) is 2. The van der Waals surface area contributed by atoms with Gasteiger partial charge in [-0.3, -0.25) is 0 Å². The highest BCUT2D eigenvalue weighted by Crippen LogP contribution is 2.36. The lowest BCUT2D eigenvalue weighted by molar-refractivity contribution is 0.271.